The number of hydrogen-bond acceptors (Lipinski definition) is 5. The highest BCUT2D eigenvalue weighted by atomic mass is 35.5. The Hall–Kier alpha value is -1.99. The number of carbonyl (C=O) groups is 1. The maximum atomic E-state index is 12.2. The molecule has 1 aromatic heterocycles. The zero-order chi connectivity index (χ0) is 16.3. The van der Waals surface area contributed by atoms with Crippen LogP contribution in [0.4, 0.5) is 0 Å². The van der Waals surface area contributed by atoms with Crippen LogP contribution < -0.4 is 0 Å². The molecule has 3 rings (SSSR count). The lowest BCUT2D eigenvalue weighted by molar-refractivity contribution is -0.136. The molecule has 0 atom stereocenters. The first-order valence-electron chi connectivity index (χ1n) is 7.54. The lowest BCUT2D eigenvalue weighted by atomic mass is 9.84. The molecule has 0 spiro atoms. The van der Waals surface area contributed by atoms with Gasteiger partial charge in [-0.3, -0.25) is 4.79 Å². The van der Waals surface area contributed by atoms with Gasteiger partial charge in [-0.2, -0.15) is 0 Å². The van der Waals surface area contributed by atoms with Crippen molar-refractivity contribution in [2.45, 2.75) is 31.4 Å². The topological polar surface area (TPSA) is 84.1 Å². The number of amides is 1. The van der Waals surface area contributed by atoms with Gasteiger partial charge >= 0.3 is 0 Å². The monoisotopic (exact) mass is 335 g/mol. The molecule has 0 radical (unpaired) electrons. The smallest absolute Gasteiger partial charge is 0.224 e. The molecule has 1 fully saturated rings. The molecule has 1 aliphatic heterocycles. The summed E-state index contributed by atoms with van der Waals surface area (Å²) in [4.78, 5) is 14.0. The van der Waals surface area contributed by atoms with Gasteiger partial charge < -0.3 is 10.0 Å². The molecule has 8 heteroatoms. The van der Waals surface area contributed by atoms with Crippen molar-refractivity contribution < 1.29 is 9.90 Å². The first kappa shape index (κ1) is 15.9. The van der Waals surface area contributed by atoms with Crippen molar-refractivity contribution in [2.75, 3.05) is 13.1 Å². The number of likely N-dealkylation sites (tertiary alicyclic amines) is 1. The molecule has 122 valence electrons. The van der Waals surface area contributed by atoms with Crippen LogP contribution in [0.15, 0.2) is 30.6 Å². The van der Waals surface area contributed by atoms with Crippen molar-refractivity contribution >= 4 is 17.5 Å². The second-order valence-corrected chi connectivity index (χ2v) is 6.18. The highest BCUT2D eigenvalue weighted by molar-refractivity contribution is 6.30. The molecule has 0 saturated carbocycles. The van der Waals surface area contributed by atoms with Gasteiger partial charge in [0, 0.05) is 24.5 Å². The van der Waals surface area contributed by atoms with Crippen LogP contribution >= 0.6 is 11.6 Å². The highest BCUT2D eigenvalue weighted by Crippen LogP contribution is 2.33. The number of aliphatic hydroxyl groups is 1. The maximum Gasteiger partial charge on any atom is 0.224 e. The van der Waals surface area contributed by atoms with Crippen LogP contribution in [-0.4, -0.2) is 49.2 Å². The molecule has 1 N–H and O–H groups in total. The fourth-order valence-electron chi connectivity index (χ4n) is 2.83. The Balaban J connectivity index is 1.55. The number of hydrogen-bond donors (Lipinski definition) is 1. The number of tetrazole rings is 1. The van der Waals surface area contributed by atoms with Crippen molar-refractivity contribution in [3.63, 3.8) is 0 Å². The van der Waals surface area contributed by atoms with Gasteiger partial charge in [-0.25, -0.2) is 4.68 Å². The number of aromatic nitrogens is 4. The fourth-order valence-corrected chi connectivity index (χ4v) is 2.95. The van der Waals surface area contributed by atoms with Crippen molar-refractivity contribution in [3.05, 3.63) is 41.2 Å². The summed E-state index contributed by atoms with van der Waals surface area (Å²) in [6.45, 7) is 1.53. The zero-order valence-corrected chi connectivity index (χ0v) is 13.4. The number of aryl methyl sites for hydroxylation is 1. The van der Waals surface area contributed by atoms with Gasteiger partial charge in [-0.05, 0) is 41.0 Å². The lowest BCUT2D eigenvalue weighted by Crippen LogP contribution is -2.45. The molecule has 0 aliphatic carbocycles. The molecule has 1 saturated heterocycles. The molecular weight excluding hydrogens is 318 g/mol. The normalized spacial score (nSPS) is 17.2. The van der Waals surface area contributed by atoms with E-state index in [4.69, 9.17) is 11.6 Å². The minimum Gasteiger partial charge on any atom is -0.385 e. The lowest BCUT2D eigenvalue weighted by Gasteiger charge is -2.38. The van der Waals surface area contributed by atoms with Crippen LogP contribution in [0.25, 0.3) is 0 Å². The van der Waals surface area contributed by atoms with Gasteiger partial charge in [-0.1, -0.05) is 23.7 Å². The van der Waals surface area contributed by atoms with E-state index in [-0.39, 0.29) is 5.91 Å². The molecule has 1 aromatic carbocycles. The second kappa shape index (κ2) is 6.64. The Morgan fingerprint density at radius 1 is 1.26 bits per heavy atom. The van der Waals surface area contributed by atoms with Crippen LogP contribution in [0.1, 0.15) is 24.8 Å². The second-order valence-electron chi connectivity index (χ2n) is 5.74. The summed E-state index contributed by atoms with van der Waals surface area (Å²) in [7, 11) is 0. The predicted molar refractivity (Wildman–Crippen MR) is 83.6 cm³/mol. The number of benzene rings is 1. The number of rotatable bonds is 4. The van der Waals surface area contributed by atoms with E-state index in [9.17, 15) is 9.90 Å². The van der Waals surface area contributed by atoms with E-state index in [1.165, 1.54) is 11.0 Å². The average molecular weight is 336 g/mol. The van der Waals surface area contributed by atoms with Crippen molar-refractivity contribution in [3.8, 4) is 0 Å². The highest BCUT2D eigenvalue weighted by Gasteiger charge is 2.35. The molecule has 1 amide bonds. The number of carbonyl (C=O) groups excluding carboxylic acids is 1. The van der Waals surface area contributed by atoms with E-state index in [1.54, 1.807) is 17.0 Å². The Kier molecular flexibility index (Phi) is 4.58. The van der Waals surface area contributed by atoms with Gasteiger partial charge in [0.1, 0.15) is 6.33 Å². The summed E-state index contributed by atoms with van der Waals surface area (Å²) in [5.41, 5.74) is -0.0420. The van der Waals surface area contributed by atoms with Crippen molar-refractivity contribution in [2.24, 2.45) is 0 Å². The summed E-state index contributed by atoms with van der Waals surface area (Å²) < 4.78 is 1.53. The summed E-state index contributed by atoms with van der Waals surface area (Å²) in [6.07, 6.45) is 2.88. The largest absolute Gasteiger partial charge is 0.385 e. The molecule has 7 nitrogen and oxygen atoms in total. The van der Waals surface area contributed by atoms with Gasteiger partial charge in [0.05, 0.1) is 12.1 Å². The summed E-state index contributed by atoms with van der Waals surface area (Å²) in [5, 5.41) is 22.3. The van der Waals surface area contributed by atoms with E-state index in [0.29, 0.717) is 43.9 Å². The number of piperidine rings is 1. The van der Waals surface area contributed by atoms with Gasteiger partial charge in [0.25, 0.3) is 0 Å². The quantitative estimate of drug-likeness (QED) is 0.908. The summed E-state index contributed by atoms with van der Waals surface area (Å²) in [6, 6.07) is 7.24. The van der Waals surface area contributed by atoms with E-state index >= 15 is 0 Å². The minimum absolute atomic E-state index is 0.0543. The van der Waals surface area contributed by atoms with Crippen molar-refractivity contribution in [1.82, 2.24) is 25.1 Å². The Morgan fingerprint density at radius 3 is 2.57 bits per heavy atom. The van der Waals surface area contributed by atoms with Crippen LogP contribution in [0, 0.1) is 0 Å². The predicted octanol–water partition coefficient (Wildman–Crippen LogP) is 1.23. The first-order chi connectivity index (χ1) is 11.1. The van der Waals surface area contributed by atoms with Crippen LogP contribution in [0.5, 0.6) is 0 Å². The van der Waals surface area contributed by atoms with Crippen LogP contribution in [0.2, 0.25) is 5.02 Å². The van der Waals surface area contributed by atoms with Crippen LogP contribution in [0.3, 0.4) is 0 Å². The Morgan fingerprint density at radius 2 is 1.96 bits per heavy atom. The van der Waals surface area contributed by atoms with Crippen molar-refractivity contribution in [1.29, 1.82) is 0 Å². The number of halogens is 1. The van der Waals surface area contributed by atoms with E-state index in [2.05, 4.69) is 15.5 Å². The average Bonchev–Trinajstić information content (AvgIpc) is 3.07. The van der Waals surface area contributed by atoms with Gasteiger partial charge in [0.2, 0.25) is 5.91 Å². The van der Waals surface area contributed by atoms with E-state index < -0.39 is 5.60 Å². The van der Waals surface area contributed by atoms with E-state index in [1.807, 2.05) is 12.1 Å². The molecule has 2 aromatic rings. The summed E-state index contributed by atoms with van der Waals surface area (Å²) >= 11 is 5.89. The minimum atomic E-state index is -0.892. The SMILES string of the molecule is O=C(CCn1cnnn1)N1CCC(O)(c2ccc(Cl)cc2)CC1. The van der Waals surface area contributed by atoms with Gasteiger partial charge in [-0.15, -0.1) is 5.10 Å². The van der Waals surface area contributed by atoms with Crippen LogP contribution in [-0.2, 0) is 16.9 Å². The molecule has 0 bridgehead atoms. The molecular formula is C15H18ClN5O2. The standard InChI is InChI=1S/C15H18ClN5O2/c16-13-3-1-12(2-4-13)15(23)6-9-20(10-7-15)14(22)5-8-21-11-17-18-19-21/h1-4,11,23H,5-10H2. The zero-order valence-electron chi connectivity index (χ0n) is 12.6. The third-order valence-corrected chi connectivity index (χ3v) is 4.52. The molecule has 1 aliphatic rings. The molecule has 23 heavy (non-hydrogen) atoms. The van der Waals surface area contributed by atoms with E-state index in [0.717, 1.165) is 5.56 Å². The van der Waals surface area contributed by atoms with Gasteiger partial charge in [0.15, 0.2) is 0 Å². The first-order valence-corrected chi connectivity index (χ1v) is 7.92. The Labute approximate surface area is 138 Å². The molecule has 0 unspecified atom stereocenters. The summed E-state index contributed by atoms with van der Waals surface area (Å²) in [5.74, 6) is 0.0543. The number of nitrogens with zero attached hydrogens (tertiary/aromatic N) is 5. The third kappa shape index (κ3) is 3.68. The maximum absolute atomic E-state index is 12.2. The Bertz CT molecular complexity index is 651. The third-order valence-electron chi connectivity index (χ3n) is 4.27. The fraction of sp³-hybridized carbons (Fsp3) is 0.467. The molecule has 2 heterocycles.